The van der Waals surface area contributed by atoms with Crippen LogP contribution in [0.5, 0.6) is 0 Å². The molecule has 1 fully saturated rings. The van der Waals surface area contributed by atoms with Gasteiger partial charge >= 0.3 is 0 Å². The molecule has 0 atom stereocenters. The molecule has 0 aliphatic heterocycles. The van der Waals surface area contributed by atoms with Crippen LogP contribution in [0.1, 0.15) is 19.3 Å². The summed E-state index contributed by atoms with van der Waals surface area (Å²) in [6.45, 7) is 0.533. The molecule has 0 amide bonds. The van der Waals surface area contributed by atoms with Crippen LogP contribution in [0, 0.1) is 0 Å². The summed E-state index contributed by atoms with van der Waals surface area (Å²) in [5, 5.41) is 3.31. The van der Waals surface area contributed by atoms with E-state index in [0.29, 0.717) is 17.1 Å². The largest absolute Gasteiger partial charge is 0.377 e. The average Bonchev–Trinajstić information content (AvgIpc) is 2.23. The first-order valence-corrected chi connectivity index (χ1v) is 7.63. The molecule has 0 spiro atoms. The lowest BCUT2D eigenvalue weighted by atomic mass is 9.76. The summed E-state index contributed by atoms with van der Waals surface area (Å²) in [5.74, 6) is 0. The van der Waals surface area contributed by atoms with E-state index in [9.17, 15) is 8.42 Å². The van der Waals surface area contributed by atoms with Gasteiger partial charge in [-0.2, -0.15) is 0 Å². The normalized spacial score (nSPS) is 18.5. The number of benzene rings is 1. The third kappa shape index (κ3) is 2.45. The second-order valence-corrected chi connectivity index (χ2v) is 6.72. The van der Waals surface area contributed by atoms with Gasteiger partial charge in [0.1, 0.15) is 0 Å². The van der Waals surface area contributed by atoms with Gasteiger partial charge in [-0.1, -0.05) is 12.1 Å². The molecule has 4 nitrogen and oxygen atoms in total. The molecule has 1 saturated carbocycles. The first kappa shape index (κ1) is 12.4. The summed E-state index contributed by atoms with van der Waals surface area (Å²) in [6, 6.07) is 6.99. The highest BCUT2D eigenvalue weighted by atomic mass is 32.2. The summed E-state index contributed by atoms with van der Waals surface area (Å²) in [5.41, 5.74) is 6.32. The number of rotatable bonds is 4. The van der Waals surface area contributed by atoms with Gasteiger partial charge in [-0.15, -0.1) is 0 Å². The maximum atomic E-state index is 11.7. The topological polar surface area (TPSA) is 72.2 Å². The fraction of sp³-hybridized carbons (Fsp3) is 0.500. The minimum absolute atomic E-state index is 0.110. The van der Waals surface area contributed by atoms with Crippen molar-refractivity contribution in [2.45, 2.75) is 29.7 Å². The van der Waals surface area contributed by atoms with Crippen LogP contribution in [0.3, 0.4) is 0 Å². The van der Waals surface area contributed by atoms with Gasteiger partial charge in [0.05, 0.1) is 10.6 Å². The van der Waals surface area contributed by atoms with Crippen LogP contribution in [0.25, 0.3) is 0 Å². The van der Waals surface area contributed by atoms with Crippen LogP contribution in [0.15, 0.2) is 29.2 Å². The number of nitrogens with one attached hydrogen (secondary N) is 1. The summed E-state index contributed by atoms with van der Waals surface area (Å²) in [6.07, 6.45) is 4.37. The lowest BCUT2D eigenvalue weighted by Gasteiger charge is -2.42. The number of sulfone groups is 1. The van der Waals surface area contributed by atoms with Crippen LogP contribution in [-0.4, -0.2) is 26.8 Å². The van der Waals surface area contributed by atoms with Crippen LogP contribution in [0.4, 0.5) is 5.69 Å². The van der Waals surface area contributed by atoms with E-state index < -0.39 is 9.84 Å². The monoisotopic (exact) mass is 254 g/mol. The number of para-hydroxylation sites is 1. The quantitative estimate of drug-likeness (QED) is 0.851. The lowest BCUT2D eigenvalue weighted by molar-refractivity contribution is 0.287. The molecule has 3 N–H and O–H groups in total. The third-order valence-corrected chi connectivity index (χ3v) is 4.54. The molecular weight excluding hydrogens is 236 g/mol. The molecule has 1 aliphatic carbocycles. The highest BCUT2D eigenvalue weighted by molar-refractivity contribution is 7.90. The molecule has 0 radical (unpaired) electrons. The van der Waals surface area contributed by atoms with Crippen LogP contribution in [0.2, 0.25) is 0 Å². The molecule has 1 aromatic rings. The van der Waals surface area contributed by atoms with Crippen molar-refractivity contribution < 1.29 is 8.42 Å². The molecule has 94 valence electrons. The van der Waals surface area contributed by atoms with Gasteiger partial charge in [0.25, 0.3) is 0 Å². The van der Waals surface area contributed by atoms with E-state index in [4.69, 9.17) is 5.73 Å². The molecule has 17 heavy (non-hydrogen) atoms. The minimum Gasteiger partial charge on any atom is -0.377 e. The second-order valence-electron chi connectivity index (χ2n) is 4.73. The minimum atomic E-state index is -3.20. The fourth-order valence-corrected chi connectivity index (χ4v) is 3.01. The van der Waals surface area contributed by atoms with E-state index in [1.807, 2.05) is 6.07 Å². The molecule has 0 heterocycles. The van der Waals surface area contributed by atoms with Gasteiger partial charge in [-0.3, -0.25) is 0 Å². The molecule has 0 unspecified atom stereocenters. The van der Waals surface area contributed by atoms with Gasteiger partial charge in [-0.25, -0.2) is 8.42 Å². The lowest BCUT2D eigenvalue weighted by Crippen LogP contribution is -2.51. The molecule has 0 aromatic heterocycles. The summed E-state index contributed by atoms with van der Waals surface area (Å²) in [4.78, 5) is 0.347. The average molecular weight is 254 g/mol. The number of hydrogen-bond donors (Lipinski definition) is 2. The van der Waals surface area contributed by atoms with Gasteiger partial charge < -0.3 is 11.1 Å². The Bertz CT molecular complexity index is 501. The molecule has 1 aromatic carbocycles. The SMILES string of the molecule is CS(=O)(=O)c1ccccc1NC1(CN)CCC1. The molecular formula is C12H18N2O2S. The van der Waals surface area contributed by atoms with Crippen molar-refractivity contribution in [2.24, 2.45) is 5.73 Å². The van der Waals surface area contributed by atoms with Gasteiger partial charge in [0, 0.05) is 18.3 Å². The van der Waals surface area contributed by atoms with Gasteiger partial charge in [0.15, 0.2) is 9.84 Å². The van der Waals surface area contributed by atoms with Crippen LogP contribution < -0.4 is 11.1 Å². The summed E-state index contributed by atoms with van der Waals surface area (Å²) < 4.78 is 23.3. The third-order valence-electron chi connectivity index (χ3n) is 3.39. The Morgan fingerprint density at radius 2 is 2.00 bits per heavy atom. The van der Waals surface area contributed by atoms with E-state index in [2.05, 4.69) is 5.32 Å². The predicted octanol–water partition coefficient (Wildman–Crippen LogP) is 1.38. The van der Waals surface area contributed by atoms with Crippen LogP contribution >= 0.6 is 0 Å². The zero-order valence-electron chi connectivity index (χ0n) is 9.94. The number of nitrogens with two attached hydrogens (primary N) is 1. The summed E-state index contributed by atoms with van der Waals surface area (Å²) >= 11 is 0. The number of anilines is 1. The van der Waals surface area contributed by atoms with Gasteiger partial charge in [0.2, 0.25) is 0 Å². The Hall–Kier alpha value is -1.07. The van der Waals surface area contributed by atoms with E-state index in [-0.39, 0.29) is 5.54 Å². The fourth-order valence-electron chi connectivity index (χ4n) is 2.16. The Morgan fingerprint density at radius 3 is 2.47 bits per heavy atom. The smallest absolute Gasteiger partial charge is 0.177 e. The maximum absolute atomic E-state index is 11.7. The highest BCUT2D eigenvalue weighted by Gasteiger charge is 2.36. The first-order chi connectivity index (χ1) is 7.97. The second kappa shape index (κ2) is 4.31. The van der Waals surface area contributed by atoms with Gasteiger partial charge in [-0.05, 0) is 31.4 Å². The van der Waals surface area contributed by atoms with Crippen molar-refractivity contribution in [3.8, 4) is 0 Å². The van der Waals surface area contributed by atoms with Crippen molar-refractivity contribution in [3.05, 3.63) is 24.3 Å². The van der Waals surface area contributed by atoms with Crippen molar-refractivity contribution in [3.63, 3.8) is 0 Å². The van der Waals surface area contributed by atoms with Crippen LogP contribution in [-0.2, 0) is 9.84 Å². The zero-order chi connectivity index (χ0) is 12.5. The predicted molar refractivity (Wildman–Crippen MR) is 68.8 cm³/mol. The molecule has 2 rings (SSSR count). The Labute approximate surface area is 102 Å². The maximum Gasteiger partial charge on any atom is 0.177 e. The Balaban J connectivity index is 2.33. The molecule has 0 bridgehead atoms. The first-order valence-electron chi connectivity index (χ1n) is 5.74. The molecule has 5 heteroatoms. The van der Waals surface area contributed by atoms with E-state index in [0.717, 1.165) is 19.3 Å². The standard InChI is InChI=1S/C12H18N2O2S/c1-17(15,16)11-6-3-2-5-10(11)14-12(9-13)7-4-8-12/h2-3,5-6,14H,4,7-9,13H2,1H3. The van der Waals surface area contributed by atoms with Crippen molar-refractivity contribution >= 4 is 15.5 Å². The molecule has 0 saturated heterocycles. The zero-order valence-corrected chi connectivity index (χ0v) is 10.8. The van der Waals surface area contributed by atoms with E-state index >= 15 is 0 Å². The summed E-state index contributed by atoms with van der Waals surface area (Å²) in [7, 11) is -3.20. The highest BCUT2D eigenvalue weighted by Crippen LogP contribution is 2.36. The van der Waals surface area contributed by atoms with Crippen molar-refractivity contribution in [1.82, 2.24) is 0 Å². The van der Waals surface area contributed by atoms with E-state index in [1.54, 1.807) is 18.2 Å². The Morgan fingerprint density at radius 1 is 1.35 bits per heavy atom. The van der Waals surface area contributed by atoms with Crippen molar-refractivity contribution in [1.29, 1.82) is 0 Å². The Kier molecular flexibility index (Phi) is 3.14. The molecule has 1 aliphatic rings. The van der Waals surface area contributed by atoms with E-state index in [1.165, 1.54) is 6.26 Å². The number of hydrogen-bond acceptors (Lipinski definition) is 4. The van der Waals surface area contributed by atoms with Crippen molar-refractivity contribution in [2.75, 3.05) is 18.1 Å².